The predicted molar refractivity (Wildman–Crippen MR) is 66.4 cm³/mol. The molecule has 0 saturated carbocycles. The van der Waals surface area contributed by atoms with Gasteiger partial charge in [0.25, 0.3) is 0 Å². The van der Waals surface area contributed by atoms with Gasteiger partial charge in [-0.1, -0.05) is 27.7 Å². The van der Waals surface area contributed by atoms with E-state index in [1.54, 1.807) is 0 Å². The van der Waals surface area contributed by atoms with Crippen LogP contribution in [0.25, 0.3) is 0 Å². The molecule has 0 aromatic rings. The second-order valence-electron chi connectivity index (χ2n) is 6.88. The Balaban J connectivity index is 2.15. The maximum absolute atomic E-state index is 10.5. The molecule has 0 radical (unpaired) electrons. The summed E-state index contributed by atoms with van der Waals surface area (Å²) in [4.78, 5) is 2.54. The molecule has 0 spiro atoms. The molecule has 0 aromatic carbocycles. The Morgan fingerprint density at radius 3 is 2.19 bits per heavy atom. The number of rotatable bonds is 2. The minimum atomic E-state index is -0.162. The largest absolute Gasteiger partial charge is 0.392 e. The smallest absolute Gasteiger partial charge is 0.0696 e. The molecule has 2 rings (SSSR count). The first-order valence-electron chi connectivity index (χ1n) is 6.47. The summed E-state index contributed by atoms with van der Waals surface area (Å²) in [7, 11) is 0. The van der Waals surface area contributed by atoms with Gasteiger partial charge in [0, 0.05) is 43.6 Å². The van der Waals surface area contributed by atoms with E-state index in [-0.39, 0.29) is 16.9 Å². The minimum absolute atomic E-state index is 0.0279. The second-order valence-corrected chi connectivity index (χ2v) is 6.88. The number of hydrogen-bond acceptors (Lipinski definition) is 3. The number of fused-ring (bicyclic) bond motifs is 2. The Hall–Kier alpha value is -0.120. The molecule has 16 heavy (non-hydrogen) atoms. The van der Waals surface area contributed by atoms with Crippen LogP contribution in [-0.2, 0) is 0 Å². The Bertz CT molecular complexity index is 249. The summed E-state index contributed by atoms with van der Waals surface area (Å²) >= 11 is 0. The van der Waals surface area contributed by atoms with Crippen LogP contribution in [-0.4, -0.2) is 48.8 Å². The third kappa shape index (κ3) is 2.01. The summed E-state index contributed by atoms with van der Waals surface area (Å²) in [6.45, 7) is 14.1. The molecule has 2 aliphatic heterocycles. The Kier molecular flexibility index (Phi) is 3.06. The Morgan fingerprint density at radius 1 is 1.25 bits per heavy atom. The number of nitrogens with zero attached hydrogens (tertiary/aromatic N) is 1. The van der Waals surface area contributed by atoms with E-state index in [1.807, 2.05) is 0 Å². The lowest BCUT2D eigenvalue weighted by atomic mass is 9.63. The van der Waals surface area contributed by atoms with Gasteiger partial charge in [0.15, 0.2) is 0 Å². The average Bonchev–Trinajstić information content (AvgIpc) is 2.10. The van der Waals surface area contributed by atoms with Gasteiger partial charge in [-0.3, -0.25) is 0 Å². The molecule has 0 unspecified atom stereocenters. The van der Waals surface area contributed by atoms with Crippen molar-refractivity contribution in [3.05, 3.63) is 0 Å². The van der Waals surface area contributed by atoms with Crippen molar-refractivity contribution in [1.82, 2.24) is 10.2 Å². The Labute approximate surface area is 99.2 Å². The van der Waals surface area contributed by atoms with Crippen LogP contribution in [0.5, 0.6) is 0 Å². The molecule has 0 aromatic heterocycles. The van der Waals surface area contributed by atoms with E-state index < -0.39 is 0 Å². The molecule has 2 heterocycles. The number of piperidine rings is 2. The lowest BCUT2D eigenvalue weighted by Crippen LogP contribution is -2.69. The fraction of sp³-hybridized carbons (Fsp3) is 1.00. The van der Waals surface area contributed by atoms with E-state index in [4.69, 9.17) is 0 Å². The van der Waals surface area contributed by atoms with Crippen molar-refractivity contribution < 1.29 is 5.11 Å². The van der Waals surface area contributed by atoms with Gasteiger partial charge in [0.1, 0.15) is 0 Å². The molecule has 2 aliphatic rings. The molecule has 3 heteroatoms. The first kappa shape index (κ1) is 12.3. The number of aliphatic hydroxyl groups excluding tert-OH is 1. The zero-order chi connectivity index (χ0) is 12.0. The third-order valence-corrected chi connectivity index (χ3v) is 4.17. The monoisotopic (exact) mass is 226 g/mol. The highest BCUT2D eigenvalue weighted by atomic mass is 16.3. The zero-order valence-corrected chi connectivity index (χ0v) is 11.1. The summed E-state index contributed by atoms with van der Waals surface area (Å²) in [6.07, 6.45) is -0.162. The van der Waals surface area contributed by atoms with Gasteiger partial charge in [-0.25, -0.2) is 0 Å². The van der Waals surface area contributed by atoms with Gasteiger partial charge >= 0.3 is 0 Å². The van der Waals surface area contributed by atoms with E-state index >= 15 is 0 Å². The number of nitrogens with one attached hydrogen (secondary N) is 1. The van der Waals surface area contributed by atoms with Crippen LogP contribution in [0.3, 0.4) is 0 Å². The number of hydrogen-bond donors (Lipinski definition) is 2. The van der Waals surface area contributed by atoms with Crippen LogP contribution in [0.4, 0.5) is 0 Å². The van der Waals surface area contributed by atoms with Crippen molar-refractivity contribution in [3.63, 3.8) is 0 Å². The van der Waals surface area contributed by atoms with Crippen molar-refractivity contribution in [3.8, 4) is 0 Å². The van der Waals surface area contributed by atoms with E-state index in [9.17, 15) is 5.11 Å². The third-order valence-electron chi connectivity index (χ3n) is 4.17. The van der Waals surface area contributed by atoms with E-state index in [1.165, 1.54) is 0 Å². The number of likely N-dealkylation sites (tertiary alicyclic amines) is 1. The van der Waals surface area contributed by atoms with Crippen LogP contribution >= 0.6 is 0 Å². The fourth-order valence-electron chi connectivity index (χ4n) is 3.68. The molecule has 2 atom stereocenters. The van der Waals surface area contributed by atoms with Gasteiger partial charge in [0.05, 0.1) is 6.10 Å². The highest BCUT2D eigenvalue weighted by Gasteiger charge is 2.53. The average molecular weight is 226 g/mol. The summed E-state index contributed by atoms with van der Waals surface area (Å²) in [6, 6.07) is 0. The lowest BCUT2D eigenvalue weighted by Gasteiger charge is -2.57. The highest BCUT2D eigenvalue weighted by Crippen LogP contribution is 2.42. The molecule has 2 N–H and O–H groups in total. The van der Waals surface area contributed by atoms with Crippen LogP contribution in [0.1, 0.15) is 27.7 Å². The SMILES string of the molecule is CC(C)CN1C[C@@]2(C)CNC[C@](C)(C1)C2O. The zero-order valence-electron chi connectivity index (χ0n) is 11.1. The van der Waals surface area contributed by atoms with Gasteiger partial charge in [0.2, 0.25) is 0 Å². The van der Waals surface area contributed by atoms with Crippen molar-refractivity contribution in [2.75, 3.05) is 32.7 Å². The van der Waals surface area contributed by atoms with Crippen molar-refractivity contribution >= 4 is 0 Å². The minimum Gasteiger partial charge on any atom is -0.392 e. The molecule has 3 nitrogen and oxygen atoms in total. The fourth-order valence-corrected chi connectivity index (χ4v) is 3.68. The second kappa shape index (κ2) is 3.97. The van der Waals surface area contributed by atoms with Crippen LogP contribution in [0.2, 0.25) is 0 Å². The quantitative estimate of drug-likeness (QED) is 0.735. The van der Waals surface area contributed by atoms with Crippen LogP contribution in [0, 0.1) is 16.7 Å². The summed E-state index contributed by atoms with van der Waals surface area (Å²) < 4.78 is 0. The van der Waals surface area contributed by atoms with E-state index in [0.717, 1.165) is 32.7 Å². The molecule has 0 amide bonds. The highest BCUT2D eigenvalue weighted by molar-refractivity contribution is 5.06. The van der Waals surface area contributed by atoms with Gasteiger partial charge in [-0.15, -0.1) is 0 Å². The predicted octanol–water partition coefficient (Wildman–Crippen LogP) is 0.935. The maximum atomic E-state index is 10.5. The maximum Gasteiger partial charge on any atom is 0.0696 e. The molecular weight excluding hydrogens is 200 g/mol. The molecular formula is C13H26N2O. The summed E-state index contributed by atoms with van der Waals surface area (Å²) in [5.41, 5.74) is 0.0558. The van der Waals surface area contributed by atoms with E-state index in [0.29, 0.717) is 5.92 Å². The molecule has 2 fully saturated rings. The molecule has 94 valence electrons. The summed E-state index contributed by atoms with van der Waals surface area (Å²) in [5, 5.41) is 14.0. The van der Waals surface area contributed by atoms with Gasteiger partial charge < -0.3 is 15.3 Å². The molecule has 2 bridgehead atoms. The van der Waals surface area contributed by atoms with Crippen molar-refractivity contribution in [2.45, 2.75) is 33.8 Å². The topological polar surface area (TPSA) is 35.5 Å². The van der Waals surface area contributed by atoms with Gasteiger partial charge in [-0.2, -0.15) is 0 Å². The molecule has 2 saturated heterocycles. The summed E-state index contributed by atoms with van der Waals surface area (Å²) in [5.74, 6) is 0.705. The van der Waals surface area contributed by atoms with Crippen LogP contribution in [0.15, 0.2) is 0 Å². The van der Waals surface area contributed by atoms with Gasteiger partial charge in [-0.05, 0) is 5.92 Å². The molecule has 0 aliphatic carbocycles. The Morgan fingerprint density at radius 2 is 1.75 bits per heavy atom. The van der Waals surface area contributed by atoms with E-state index in [2.05, 4.69) is 37.9 Å². The first-order chi connectivity index (χ1) is 7.36. The van der Waals surface area contributed by atoms with Crippen molar-refractivity contribution in [2.24, 2.45) is 16.7 Å². The number of aliphatic hydroxyl groups is 1. The normalized spacial score (nSPS) is 45.0. The first-order valence-corrected chi connectivity index (χ1v) is 6.47. The van der Waals surface area contributed by atoms with Crippen molar-refractivity contribution in [1.29, 1.82) is 0 Å². The standard InChI is InChI=1S/C13H26N2O/c1-10(2)5-15-8-12(3)6-14-7-13(4,9-15)11(12)16/h10-11,14,16H,5-9H2,1-4H3/t12-,13-/m1/s1. The lowest BCUT2D eigenvalue weighted by molar-refractivity contribution is -0.142. The van der Waals surface area contributed by atoms with Crippen LogP contribution < -0.4 is 5.32 Å².